The summed E-state index contributed by atoms with van der Waals surface area (Å²) < 4.78 is 61.0. The quantitative estimate of drug-likeness (QED) is 0.463. The van der Waals surface area contributed by atoms with Crippen LogP contribution in [0.4, 0.5) is 4.39 Å². The standard InChI is InChI=1S/C23H27FO7S/c1-22(2,3)31-21(25)14-9-17(16-12-23(4,13-28-5)30-18(16)10-14)29-19-11-15(24)7-8-20(19)32(6,26)27/h7-11H,12-13H2,1-6H3. The van der Waals surface area contributed by atoms with Gasteiger partial charge in [0.1, 0.15) is 39.2 Å². The Morgan fingerprint density at radius 3 is 2.47 bits per heavy atom. The van der Waals surface area contributed by atoms with Gasteiger partial charge < -0.3 is 18.9 Å². The van der Waals surface area contributed by atoms with Crippen LogP contribution in [0.5, 0.6) is 17.2 Å². The van der Waals surface area contributed by atoms with E-state index in [9.17, 15) is 17.6 Å². The van der Waals surface area contributed by atoms with Crippen LogP contribution in [0.2, 0.25) is 0 Å². The molecule has 174 valence electrons. The highest BCUT2D eigenvalue weighted by molar-refractivity contribution is 7.90. The van der Waals surface area contributed by atoms with Crippen LogP contribution in [0.15, 0.2) is 35.2 Å². The molecule has 1 heterocycles. The molecule has 2 aromatic carbocycles. The van der Waals surface area contributed by atoms with Crippen LogP contribution >= 0.6 is 0 Å². The summed E-state index contributed by atoms with van der Waals surface area (Å²) in [6, 6.07) is 6.19. The van der Waals surface area contributed by atoms with Gasteiger partial charge in [-0.05, 0) is 52.0 Å². The van der Waals surface area contributed by atoms with Gasteiger partial charge in [0.15, 0.2) is 9.84 Å². The van der Waals surface area contributed by atoms with Gasteiger partial charge in [-0.15, -0.1) is 0 Å². The molecule has 32 heavy (non-hydrogen) atoms. The van der Waals surface area contributed by atoms with Gasteiger partial charge in [-0.25, -0.2) is 17.6 Å². The van der Waals surface area contributed by atoms with Crippen LogP contribution in [0.3, 0.4) is 0 Å². The van der Waals surface area contributed by atoms with E-state index >= 15 is 0 Å². The number of rotatable bonds is 6. The first-order valence-electron chi connectivity index (χ1n) is 9.96. The zero-order valence-corrected chi connectivity index (χ0v) is 19.8. The lowest BCUT2D eigenvalue weighted by Gasteiger charge is -2.22. The average molecular weight is 467 g/mol. The van der Waals surface area contributed by atoms with E-state index in [1.807, 2.05) is 6.92 Å². The SMILES string of the molecule is COCC1(C)Cc2c(Oc3cc(F)ccc3S(C)(=O)=O)cc(C(=O)OC(C)(C)C)cc2O1. The van der Waals surface area contributed by atoms with Crippen molar-refractivity contribution in [3.05, 3.63) is 47.3 Å². The van der Waals surface area contributed by atoms with Crippen molar-refractivity contribution in [2.75, 3.05) is 20.0 Å². The Hall–Kier alpha value is -2.65. The Bertz CT molecular complexity index is 1150. The van der Waals surface area contributed by atoms with E-state index in [1.165, 1.54) is 6.07 Å². The summed E-state index contributed by atoms with van der Waals surface area (Å²) in [6.07, 6.45) is 1.39. The predicted octanol–water partition coefficient (Wildman–Crippen LogP) is 4.32. The summed E-state index contributed by atoms with van der Waals surface area (Å²) in [5, 5.41) is 0. The van der Waals surface area contributed by atoms with E-state index in [-0.39, 0.29) is 28.6 Å². The van der Waals surface area contributed by atoms with Crippen molar-refractivity contribution in [3.8, 4) is 17.2 Å². The number of carbonyl (C=O) groups is 1. The maximum Gasteiger partial charge on any atom is 0.338 e. The molecule has 0 amide bonds. The molecule has 0 bridgehead atoms. The van der Waals surface area contributed by atoms with E-state index in [0.29, 0.717) is 17.7 Å². The van der Waals surface area contributed by atoms with E-state index in [4.69, 9.17) is 18.9 Å². The van der Waals surface area contributed by atoms with Gasteiger partial charge in [0.05, 0.1) is 12.2 Å². The van der Waals surface area contributed by atoms with Crippen LogP contribution in [0.25, 0.3) is 0 Å². The average Bonchev–Trinajstić information content (AvgIpc) is 2.95. The zero-order valence-electron chi connectivity index (χ0n) is 18.9. The van der Waals surface area contributed by atoms with Gasteiger partial charge in [0.25, 0.3) is 0 Å². The Balaban J connectivity index is 2.12. The first kappa shape index (κ1) is 24.0. The third kappa shape index (κ3) is 5.39. The van der Waals surface area contributed by atoms with Crippen LogP contribution in [-0.4, -0.2) is 45.6 Å². The molecular formula is C23H27FO7S. The smallest absolute Gasteiger partial charge is 0.338 e. The lowest BCUT2D eigenvalue weighted by molar-refractivity contribution is 0.00656. The van der Waals surface area contributed by atoms with Crippen molar-refractivity contribution in [3.63, 3.8) is 0 Å². The second-order valence-electron chi connectivity index (χ2n) is 9.08. The van der Waals surface area contributed by atoms with Crippen molar-refractivity contribution in [1.82, 2.24) is 0 Å². The topological polar surface area (TPSA) is 88.1 Å². The molecule has 7 nitrogen and oxygen atoms in total. The molecule has 0 aromatic heterocycles. The van der Waals surface area contributed by atoms with E-state index in [2.05, 4.69) is 0 Å². The molecular weight excluding hydrogens is 439 g/mol. The second kappa shape index (κ2) is 8.37. The van der Waals surface area contributed by atoms with Crippen molar-refractivity contribution < 1.29 is 36.6 Å². The summed E-state index contributed by atoms with van der Waals surface area (Å²) in [5.74, 6) is -0.875. The molecule has 0 fully saturated rings. The molecule has 1 aliphatic rings. The van der Waals surface area contributed by atoms with Gasteiger partial charge in [-0.3, -0.25) is 0 Å². The largest absolute Gasteiger partial charge is 0.484 e. The molecule has 3 rings (SSSR count). The molecule has 1 atom stereocenters. The van der Waals surface area contributed by atoms with Gasteiger partial charge >= 0.3 is 5.97 Å². The summed E-state index contributed by atoms with van der Waals surface area (Å²) in [4.78, 5) is 12.5. The Morgan fingerprint density at radius 2 is 1.88 bits per heavy atom. The summed E-state index contributed by atoms with van der Waals surface area (Å²) in [5.41, 5.74) is -0.675. The Morgan fingerprint density at radius 1 is 1.19 bits per heavy atom. The highest BCUT2D eigenvalue weighted by Gasteiger charge is 2.38. The number of methoxy groups -OCH3 is 1. The van der Waals surface area contributed by atoms with E-state index in [1.54, 1.807) is 33.9 Å². The lowest BCUT2D eigenvalue weighted by atomic mass is 9.98. The predicted molar refractivity (Wildman–Crippen MR) is 116 cm³/mol. The van der Waals surface area contributed by atoms with Crippen LogP contribution < -0.4 is 9.47 Å². The fourth-order valence-electron chi connectivity index (χ4n) is 3.48. The molecule has 0 saturated carbocycles. The molecule has 0 aliphatic carbocycles. The minimum atomic E-state index is -3.70. The number of hydrogen-bond acceptors (Lipinski definition) is 7. The van der Waals surface area contributed by atoms with Crippen molar-refractivity contribution in [2.45, 2.75) is 50.2 Å². The first-order valence-corrected chi connectivity index (χ1v) is 11.9. The number of sulfone groups is 1. The number of benzene rings is 2. The molecule has 0 spiro atoms. The number of fused-ring (bicyclic) bond motifs is 1. The highest BCUT2D eigenvalue weighted by Crippen LogP contribution is 2.44. The monoisotopic (exact) mass is 466 g/mol. The maximum absolute atomic E-state index is 13.9. The first-order chi connectivity index (χ1) is 14.7. The Kier molecular flexibility index (Phi) is 6.27. The number of esters is 1. The van der Waals surface area contributed by atoms with Crippen LogP contribution in [0.1, 0.15) is 43.6 Å². The molecule has 0 saturated heterocycles. The molecule has 0 radical (unpaired) electrons. The molecule has 9 heteroatoms. The number of hydrogen-bond donors (Lipinski definition) is 0. The minimum Gasteiger partial charge on any atom is -0.484 e. The van der Waals surface area contributed by atoms with Crippen molar-refractivity contribution >= 4 is 15.8 Å². The summed E-state index contributed by atoms with van der Waals surface area (Å²) >= 11 is 0. The van der Waals surface area contributed by atoms with Gasteiger partial charge in [-0.1, -0.05) is 0 Å². The van der Waals surface area contributed by atoms with Gasteiger partial charge in [0, 0.05) is 31.4 Å². The van der Waals surface area contributed by atoms with Crippen LogP contribution in [-0.2, 0) is 25.7 Å². The van der Waals surface area contributed by atoms with Crippen LogP contribution in [0, 0.1) is 5.82 Å². The highest BCUT2D eigenvalue weighted by atomic mass is 32.2. The molecule has 2 aromatic rings. The Labute approximate surface area is 187 Å². The third-order valence-corrected chi connectivity index (χ3v) is 5.82. The summed E-state index contributed by atoms with van der Waals surface area (Å²) in [7, 11) is -2.15. The van der Waals surface area contributed by atoms with Gasteiger partial charge in [-0.2, -0.15) is 0 Å². The number of ether oxygens (including phenoxy) is 4. The second-order valence-corrected chi connectivity index (χ2v) is 11.1. The molecule has 0 N–H and O–H groups in total. The summed E-state index contributed by atoms with van der Waals surface area (Å²) in [6.45, 7) is 7.35. The molecule has 1 aliphatic heterocycles. The minimum absolute atomic E-state index is 0.160. The maximum atomic E-state index is 13.9. The normalized spacial score (nSPS) is 18.1. The van der Waals surface area contributed by atoms with E-state index < -0.39 is 32.8 Å². The fourth-order valence-corrected chi connectivity index (χ4v) is 4.26. The van der Waals surface area contributed by atoms with Gasteiger partial charge in [0.2, 0.25) is 0 Å². The fraction of sp³-hybridized carbons (Fsp3) is 0.435. The zero-order chi connectivity index (χ0) is 23.9. The third-order valence-electron chi connectivity index (χ3n) is 4.68. The number of halogens is 1. The molecule has 1 unspecified atom stereocenters. The van der Waals surface area contributed by atoms with Crippen molar-refractivity contribution in [1.29, 1.82) is 0 Å². The van der Waals surface area contributed by atoms with Crippen molar-refractivity contribution in [2.24, 2.45) is 0 Å². The lowest BCUT2D eigenvalue weighted by Crippen LogP contribution is -2.35. The van der Waals surface area contributed by atoms with E-state index in [0.717, 1.165) is 24.5 Å². The number of carbonyl (C=O) groups excluding carboxylic acids is 1.